The van der Waals surface area contributed by atoms with Gasteiger partial charge < -0.3 is 9.47 Å². The van der Waals surface area contributed by atoms with Gasteiger partial charge in [-0.1, -0.05) is 136 Å². The van der Waals surface area contributed by atoms with Crippen molar-refractivity contribution in [2.75, 3.05) is 0 Å². The van der Waals surface area contributed by atoms with Crippen molar-refractivity contribution in [3.05, 3.63) is 71.8 Å². The Morgan fingerprint density at radius 3 is 1.49 bits per heavy atom. The van der Waals surface area contributed by atoms with Gasteiger partial charge in [-0.3, -0.25) is 0 Å². The summed E-state index contributed by atoms with van der Waals surface area (Å²) in [6.45, 7) is 24.8. The molecule has 3 unspecified atom stereocenters. The van der Waals surface area contributed by atoms with Crippen molar-refractivity contribution in [2.45, 2.75) is 134 Å². The molecule has 0 saturated carbocycles. The van der Waals surface area contributed by atoms with Gasteiger partial charge in [-0.25, -0.2) is 0 Å². The maximum atomic E-state index is 5.74. The molecule has 1 fully saturated rings. The summed E-state index contributed by atoms with van der Waals surface area (Å²) < 4.78 is 11.5. The van der Waals surface area contributed by atoms with Crippen molar-refractivity contribution in [3.8, 4) is 0 Å². The molecular formula is C33H60O2. The quantitative estimate of drug-likeness (QED) is 0.402. The summed E-state index contributed by atoms with van der Waals surface area (Å²) >= 11 is 0. The van der Waals surface area contributed by atoms with E-state index in [0.717, 1.165) is 18.8 Å². The highest BCUT2D eigenvalue weighted by atomic mass is 16.7. The Morgan fingerprint density at radius 2 is 1.09 bits per heavy atom. The van der Waals surface area contributed by atoms with Gasteiger partial charge in [-0.15, -0.1) is 0 Å². The molecule has 0 aromatic heterocycles. The van der Waals surface area contributed by atoms with Crippen LogP contribution in [0, 0.1) is 5.92 Å². The number of aryl methyl sites for hydroxylation is 1. The van der Waals surface area contributed by atoms with E-state index in [0.29, 0.717) is 12.2 Å². The molecule has 3 rings (SSSR count). The van der Waals surface area contributed by atoms with Gasteiger partial charge in [0.25, 0.3) is 0 Å². The third kappa shape index (κ3) is 21.4. The van der Waals surface area contributed by atoms with Crippen molar-refractivity contribution in [1.29, 1.82) is 0 Å². The lowest BCUT2D eigenvalue weighted by molar-refractivity contribution is -0.232. The molecule has 0 spiro atoms. The van der Waals surface area contributed by atoms with Crippen molar-refractivity contribution < 1.29 is 9.47 Å². The Kier molecular flexibility index (Phi) is 31.0. The van der Waals surface area contributed by atoms with Crippen molar-refractivity contribution >= 4 is 0 Å². The molecule has 2 nitrogen and oxygen atoms in total. The Hall–Kier alpha value is -1.64. The Balaban J connectivity index is -0.000000462. The summed E-state index contributed by atoms with van der Waals surface area (Å²) in [5.74, 6) is 0.866. The summed E-state index contributed by atoms with van der Waals surface area (Å²) in [5.41, 5.74) is 2.74. The molecule has 0 aliphatic carbocycles. The van der Waals surface area contributed by atoms with E-state index >= 15 is 0 Å². The summed E-state index contributed by atoms with van der Waals surface area (Å²) in [6.07, 6.45) is 6.22. The van der Waals surface area contributed by atoms with Crippen LogP contribution in [0.2, 0.25) is 0 Å². The van der Waals surface area contributed by atoms with Crippen molar-refractivity contribution in [2.24, 2.45) is 5.92 Å². The number of rotatable bonds is 6. The maximum absolute atomic E-state index is 5.74. The third-order valence-corrected chi connectivity index (χ3v) is 5.14. The Morgan fingerprint density at radius 1 is 0.686 bits per heavy atom. The molecule has 1 saturated heterocycles. The predicted octanol–water partition coefficient (Wildman–Crippen LogP) is 10.5. The van der Waals surface area contributed by atoms with Crippen LogP contribution in [0.15, 0.2) is 60.7 Å². The number of hydrogen-bond donors (Lipinski definition) is 0. The van der Waals surface area contributed by atoms with E-state index < -0.39 is 0 Å². The summed E-state index contributed by atoms with van der Waals surface area (Å²) in [4.78, 5) is 0. The third-order valence-electron chi connectivity index (χ3n) is 5.14. The second-order valence-corrected chi connectivity index (χ2v) is 7.79. The molecule has 0 bridgehead atoms. The molecule has 2 heteroatoms. The molecule has 35 heavy (non-hydrogen) atoms. The van der Waals surface area contributed by atoms with E-state index in [4.69, 9.17) is 9.47 Å². The van der Waals surface area contributed by atoms with E-state index in [1.165, 1.54) is 30.4 Å². The van der Waals surface area contributed by atoms with E-state index in [9.17, 15) is 0 Å². The van der Waals surface area contributed by atoms with Crippen LogP contribution in [0.3, 0.4) is 0 Å². The van der Waals surface area contributed by atoms with Crippen LogP contribution in [0.25, 0.3) is 0 Å². The minimum Gasteiger partial charge on any atom is -0.349 e. The molecular weight excluding hydrogens is 428 g/mol. The Bertz CT molecular complexity index is 602. The second-order valence-electron chi connectivity index (χ2n) is 7.79. The lowest BCUT2D eigenvalue weighted by Gasteiger charge is -2.32. The smallest absolute Gasteiger partial charge is 0.162 e. The average Bonchev–Trinajstić information content (AvgIpc) is 2.93. The number of benzene rings is 2. The fourth-order valence-electron chi connectivity index (χ4n) is 3.29. The van der Waals surface area contributed by atoms with E-state index in [1.54, 1.807) is 0 Å². The van der Waals surface area contributed by atoms with Crippen LogP contribution in [0.5, 0.6) is 0 Å². The first-order chi connectivity index (χ1) is 17.1. The normalized spacial score (nSPS) is 18.6. The molecule has 3 atom stereocenters. The maximum Gasteiger partial charge on any atom is 0.162 e. The van der Waals surface area contributed by atoms with Gasteiger partial charge in [0.1, 0.15) is 0 Å². The monoisotopic (exact) mass is 488 g/mol. The zero-order valence-electron chi connectivity index (χ0n) is 25.4. The first kappa shape index (κ1) is 37.9. The van der Waals surface area contributed by atoms with E-state index in [2.05, 4.69) is 70.2 Å². The van der Waals surface area contributed by atoms with Crippen molar-refractivity contribution in [1.82, 2.24) is 0 Å². The van der Waals surface area contributed by atoms with Crippen LogP contribution >= 0.6 is 0 Å². The van der Waals surface area contributed by atoms with Gasteiger partial charge in [0.05, 0.1) is 12.2 Å². The van der Waals surface area contributed by atoms with Crippen molar-refractivity contribution in [3.63, 3.8) is 0 Å². The first-order valence-corrected chi connectivity index (χ1v) is 14.5. The predicted molar refractivity (Wildman–Crippen MR) is 159 cm³/mol. The van der Waals surface area contributed by atoms with Crippen LogP contribution < -0.4 is 0 Å². The van der Waals surface area contributed by atoms with Crippen LogP contribution in [0.1, 0.15) is 113 Å². The molecule has 2 aromatic carbocycles. The van der Waals surface area contributed by atoms with Crippen LogP contribution in [0.4, 0.5) is 0 Å². The number of ether oxygens (including phenoxy) is 2. The number of hydrogen-bond acceptors (Lipinski definition) is 2. The zero-order valence-corrected chi connectivity index (χ0v) is 25.4. The highest BCUT2D eigenvalue weighted by Crippen LogP contribution is 2.20. The SMILES string of the molecule is CC.CC.CC.CC.CC1CC(C)OC(Cc2ccccc2)O1.CCC(C)CCc1ccccc1. The largest absolute Gasteiger partial charge is 0.349 e. The van der Waals surface area contributed by atoms with E-state index in [-0.39, 0.29) is 6.29 Å². The molecule has 1 aliphatic heterocycles. The van der Waals surface area contributed by atoms with Gasteiger partial charge in [0.2, 0.25) is 0 Å². The van der Waals surface area contributed by atoms with Gasteiger partial charge in [-0.2, -0.15) is 0 Å². The van der Waals surface area contributed by atoms with Gasteiger partial charge in [0.15, 0.2) is 6.29 Å². The molecule has 0 radical (unpaired) electrons. The summed E-state index contributed by atoms with van der Waals surface area (Å²) in [6, 6.07) is 21.1. The fourth-order valence-corrected chi connectivity index (χ4v) is 3.29. The lowest BCUT2D eigenvalue weighted by Crippen LogP contribution is -2.36. The lowest BCUT2D eigenvalue weighted by atomic mass is 9.99. The van der Waals surface area contributed by atoms with E-state index in [1.807, 2.05) is 73.6 Å². The highest BCUT2D eigenvalue weighted by molar-refractivity contribution is 5.15. The first-order valence-electron chi connectivity index (χ1n) is 14.5. The standard InChI is InChI=1S/C13H18O2.C12H18.4C2H6/c1-10-8-11(2)15-13(14-10)9-12-6-4-3-5-7-12;1-3-11(2)9-10-12-7-5-4-6-8-12;4*1-2/h3-7,10-11,13H,8-9H2,1-2H3;4-8,11H,3,9-10H2,1-2H3;4*1-2H3. The molecule has 1 heterocycles. The molecule has 2 aromatic rings. The van der Waals surface area contributed by atoms with Crippen LogP contribution in [-0.4, -0.2) is 18.5 Å². The van der Waals surface area contributed by atoms with Gasteiger partial charge in [-0.05, 0) is 50.2 Å². The van der Waals surface area contributed by atoms with Gasteiger partial charge >= 0.3 is 0 Å². The second kappa shape index (κ2) is 28.6. The minimum absolute atomic E-state index is 0.0776. The summed E-state index contributed by atoms with van der Waals surface area (Å²) in [7, 11) is 0. The molecule has 0 amide bonds. The molecule has 0 N–H and O–H groups in total. The average molecular weight is 489 g/mol. The summed E-state index contributed by atoms with van der Waals surface area (Å²) in [5, 5.41) is 0. The molecule has 204 valence electrons. The fraction of sp³-hybridized carbons (Fsp3) is 0.636. The van der Waals surface area contributed by atoms with Crippen LogP contribution in [-0.2, 0) is 22.3 Å². The molecule has 1 aliphatic rings. The Labute approximate surface area is 220 Å². The van der Waals surface area contributed by atoms with Gasteiger partial charge in [0, 0.05) is 6.42 Å². The zero-order chi connectivity index (χ0) is 27.5. The minimum atomic E-state index is -0.0776. The highest BCUT2D eigenvalue weighted by Gasteiger charge is 2.24. The topological polar surface area (TPSA) is 18.5 Å².